The molecule has 0 unspecified atom stereocenters. The number of hydrogen-bond donors (Lipinski definition) is 1. The van der Waals surface area contributed by atoms with Crippen molar-refractivity contribution in [2.45, 2.75) is 38.9 Å². The largest absolute Gasteiger partial charge is 0.496 e. The van der Waals surface area contributed by atoms with E-state index in [0.717, 1.165) is 49.7 Å². The number of rotatable bonds is 10. The summed E-state index contributed by atoms with van der Waals surface area (Å²) in [5.74, 6) is 1.08. The van der Waals surface area contributed by atoms with Gasteiger partial charge in [0.1, 0.15) is 5.75 Å². The van der Waals surface area contributed by atoms with Crippen molar-refractivity contribution < 1.29 is 28.9 Å². The minimum Gasteiger partial charge on any atom is -0.496 e. The molecule has 4 aromatic rings. The molecule has 0 radical (unpaired) electrons. The normalized spacial score (nSPS) is 17.0. The van der Waals surface area contributed by atoms with Gasteiger partial charge in [-0.1, -0.05) is 53.5 Å². The van der Waals surface area contributed by atoms with Crippen LogP contribution in [0.2, 0.25) is 10.0 Å². The van der Waals surface area contributed by atoms with Gasteiger partial charge in [0.05, 0.1) is 55.4 Å². The monoisotopic (exact) mass is 745 g/mol. The summed E-state index contributed by atoms with van der Waals surface area (Å²) in [6, 6.07) is 17.0. The summed E-state index contributed by atoms with van der Waals surface area (Å²) in [5.41, 5.74) is 6.16. The summed E-state index contributed by atoms with van der Waals surface area (Å²) in [5, 5.41) is 11.0. The molecule has 11 nitrogen and oxygen atoms in total. The number of carbonyl (C=O) groups excluding carboxylic acids is 1. The van der Waals surface area contributed by atoms with E-state index >= 15 is 0 Å². The highest BCUT2D eigenvalue weighted by atomic mass is 35.5. The predicted octanol–water partition coefficient (Wildman–Crippen LogP) is 7.12. The topological polar surface area (TPSA) is 118 Å². The Morgan fingerprint density at radius 3 is 2.33 bits per heavy atom. The van der Waals surface area contributed by atoms with E-state index < -0.39 is 6.09 Å². The first-order chi connectivity index (χ1) is 25.1. The predicted molar refractivity (Wildman–Crippen MR) is 199 cm³/mol. The van der Waals surface area contributed by atoms with Gasteiger partial charge in [-0.25, -0.2) is 9.78 Å². The Bertz CT molecular complexity index is 1990. The van der Waals surface area contributed by atoms with Crippen molar-refractivity contribution in [2.24, 2.45) is 5.41 Å². The Kier molecular flexibility index (Phi) is 10.3. The third kappa shape index (κ3) is 7.02. The van der Waals surface area contributed by atoms with Crippen LogP contribution in [-0.4, -0.2) is 101 Å². The number of methoxy groups -OCH3 is 2. The summed E-state index contributed by atoms with van der Waals surface area (Å²) in [6.45, 7) is 7.24. The lowest BCUT2D eigenvalue weighted by atomic mass is 9.78. The van der Waals surface area contributed by atoms with Crippen molar-refractivity contribution >= 4 is 35.2 Å². The van der Waals surface area contributed by atoms with Gasteiger partial charge in [-0.05, 0) is 37.1 Å². The van der Waals surface area contributed by atoms with Crippen molar-refractivity contribution in [1.82, 2.24) is 24.7 Å². The maximum Gasteiger partial charge on any atom is 0.407 e. The number of ether oxygens (including phenoxy) is 3. The molecular formula is C39H41Cl2N5O6. The standard InChI is InChI=1S/C39H41Cl2N5O6/c1-24(47)45-15-12-28(13-16-45)46(38(48)49)19-27-9-10-32(43-37(27)51-3)31-6-4-5-29(34(31)40)30-11-14-42-36(35(30)41)25-7-8-26(33(17-25)50-2)18-44-20-39(21-44)22-52-23-39/h4-11,14,17,28H,12-13,15-16,18-23H2,1-3H3,(H,48,49). The second-order valence-electron chi connectivity index (χ2n) is 13.9. The first kappa shape index (κ1) is 36.0. The summed E-state index contributed by atoms with van der Waals surface area (Å²) in [7, 11) is 3.18. The van der Waals surface area contributed by atoms with Gasteiger partial charge in [0, 0.05) is 90.7 Å². The average molecular weight is 747 g/mol. The van der Waals surface area contributed by atoms with Gasteiger partial charge in [-0.3, -0.25) is 14.7 Å². The molecule has 13 heteroatoms. The van der Waals surface area contributed by atoms with Crippen LogP contribution < -0.4 is 9.47 Å². The second kappa shape index (κ2) is 14.9. The van der Waals surface area contributed by atoms with Gasteiger partial charge in [0.25, 0.3) is 0 Å². The lowest BCUT2D eigenvalue weighted by Crippen LogP contribution is -2.65. The fraction of sp³-hybridized carbons (Fsp3) is 0.385. The molecule has 2 aromatic heterocycles. The van der Waals surface area contributed by atoms with Crippen molar-refractivity contribution in [3.05, 3.63) is 82.0 Å². The molecule has 52 heavy (non-hydrogen) atoms. The number of halogens is 2. The highest BCUT2D eigenvalue weighted by Gasteiger charge is 2.48. The van der Waals surface area contributed by atoms with E-state index in [-0.39, 0.29) is 18.5 Å². The zero-order valence-corrected chi connectivity index (χ0v) is 30.9. The number of benzene rings is 2. The summed E-state index contributed by atoms with van der Waals surface area (Å²) < 4.78 is 16.9. The number of carbonyl (C=O) groups is 2. The van der Waals surface area contributed by atoms with E-state index in [1.807, 2.05) is 48.5 Å². The molecule has 272 valence electrons. The smallest absolute Gasteiger partial charge is 0.407 e. The van der Waals surface area contributed by atoms with E-state index in [1.54, 1.807) is 18.2 Å². The number of hydrogen-bond acceptors (Lipinski definition) is 8. The molecule has 3 aliphatic heterocycles. The number of pyridine rings is 2. The quantitative estimate of drug-likeness (QED) is 0.181. The molecule has 1 N–H and O–H groups in total. The van der Waals surface area contributed by atoms with Gasteiger partial charge in [-0.15, -0.1) is 0 Å². The van der Waals surface area contributed by atoms with Crippen molar-refractivity contribution in [2.75, 3.05) is 53.6 Å². The third-order valence-electron chi connectivity index (χ3n) is 10.4. The second-order valence-corrected chi connectivity index (χ2v) is 14.6. The number of carboxylic acid groups (broad SMARTS) is 1. The van der Waals surface area contributed by atoms with E-state index in [2.05, 4.69) is 16.0 Å². The van der Waals surface area contributed by atoms with Crippen LogP contribution in [0.4, 0.5) is 4.79 Å². The maximum atomic E-state index is 12.3. The molecular weight excluding hydrogens is 705 g/mol. The Hall–Kier alpha value is -4.42. The Morgan fingerprint density at radius 1 is 0.962 bits per heavy atom. The minimum absolute atomic E-state index is 0.00214. The molecule has 7 rings (SSSR count). The van der Waals surface area contributed by atoms with Gasteiger partial charge in [0.15, 0.2) is 0 Å². The van der Waals surface area contributed by atoms with Gasteiger partial charge >= 0.3 is 6.09 Å². The van der Waals surface area contributed by atoms with Crippen LogP contribution >= 0.6 is 23.2 Å². The number of nitrogens with zero attached hydrogens (tertiary/aromatic N) is 5. The Balaban J connectivity index is 1.12. The van der Waals surface area contributed by atoms with E-state index in [1.165, 1.54) is 18.9 Å². The number of likely N-dealkylation sites (tertiary alicyclic amines) is 2. The zero-order chi connectivity index (χ0) is 36.6. The minimum atomic E-state index is -1.03. The molecule has 0 aliphatic carbocycles. The fourth-order valence-corrected chi connectivity index (χ4v) is 8.23. The molecule has 0 saturated carbocycles. The number of piperidine rings is 1. The lowest BCUT2D eigenvalue weighted by molar-refractivity contribution is -0.191. The average Bonchev–Trinajstić information content (AvgIpc) is 3.11. The SMILES string of the molecule is COc1cc(-c2nccc(-c3cccc(-c4ccc(CN(C(=O)O)C5CCN(C(C)=O)CC5)c(OC)n4)c3Cl)c2Cl)ccc1CN1CC2(COC2)C1. The zero-order valence-electron chi connectivity index (χ0n) is 29.4. The van der Waals surface area contributed by atoms with Crippen molar-refractivity contribution in [3.63, 3.8) is 0 Å². The van der Waals surface area contributed by atoms with E-state index in [0.29, 0.717) is 80.9 Å². The van der Waals surface area contributed by atoms with Gasteiger partial charge in [0.2, 0.25) is 11.8 Å². The van der Waals surface area contributed by atoms with Gasteiger partial charge in [-0.2, -0.15) is 0 Å². The first-order valence-electron chi connectivity index (χ1n) is 17.3. The van der Waals surface area contributed by atoms with Crippen LogP contribution in [0, 0.1) is 5.41 Å². The molecule has 3 saturated heterocycles. The van der Waals surface area contributed by atoms with Crippen LogP contribution in [-0.2, 0) is 22.6 Å². The third-order valence-corrected chi connectivity index (χ3v) is 11.2. The Labute approximate surface area is 313 Å². The van der Waals surface area contributed by atoms with Gasteiger partial charge < -0.3 is 29.1 Å². The summed E-state index contributed by atoms with van der Waals surface area (Å²) in [4.78, 5) is 39.1. The van der Waals surface area contributed by atoms with E-state index in [4.69, 9.17) is 42.4 Å². The van der Waals surface area contributed by atoms with Crippen LogP contribution in [0.15, 0.2) is 60.8 Å². The summed E-state index contributed by atoms with van der Waals surface area (Å²) >= 11 is 14.2. The maximum absolute atomic E-state index is 12.3. The molecule has 0 bridgehead atoms. The molecule has 3 fully saturated rings. The molecule has 1 spiro atoms. The van der Waals surface area contributed by atoms with Crippen molar-refractivity contribution in [1.29, 1.82) is 0 Å². The molecule has 2 amide bonds. The van der Waals surface area contributed by atoms with Crippen LogP contribution in [0.3, 0.4) is 0 Å². The van der Waals surface area contributed by atoms with Crippen LogP contribution in [0.1, 0.15) is 30.9 Å². The Morgan fingerprint density at radius 2 is 1.67 bits per heavy atom. The van der Waals surface area contributed by atoms with Crippen LogP contribution in [0.25, 0.3) is 33.6 Å². The highest BCUT2D eigenvalue weighted by Crippen LogP contribution is 2.43. The molecule has 2 aromatic carbocycles. The molecule has 5 heterocycles. The molecule has 3 aliphatic rings. The summed E-state index contributed by atoms with van der Waals surface area (Å²) in [6.07, 6.45) is 1.82. The van der Waals surface area contributed by atoms with Crippen molar-refractivity contribution in [3.8, 4) is 45.3 Å². The first-order valence-corrected chi connectivity index (χ1v) is 18.1. The molecule has 0 atom stereocenters. The number of aromatic nitrogens is 2. The van der Waals surface area contributed by atoms with Crippen LogP contribution in [0.5, 0.6) is 11.6 Å². The lowest BCUT2D eigenvalue weighted by Gasteiger charge is -2.55. The van der Waals surface area contributed by atoms with E-state index in [9.17, 15) is 14.7 Å². The highest BCUT2D eigenvalue weighted by molar-refractivity contribution is 6.39. The number of amides is 2. The fourth-order valence-electron chi connectivity index (χ4n) is 7.59.